The van der Waals surface area contributed by atoms with E-state index in [1.807, 2.05) is 22.6 Å². The van der Waals surface area contributed by atoms with E-state index in [-0.39, 0.29) is 35.7 Å². The Morgan fingerprint density at radius 1 is 1.23 bits per heavy atom. The number of carbonyl (C=O) groups excluding carboxylic acids is 1. The van der Waals surface area contributed by atoms with E-state index in [0.717, 1.165) is 12.1 Å². The normalized spacial score (nSPS) is 11.9. The molecule has 0 saturated carbocycles. The highest BCUT2D eigenvalue weighted by molar-refractivity contribution is 14.1. The molecule has 0 unspecified atom stereocenters. The molecule has 0 bridgehead atoms. The Hall–Kier alpha value is -2.02. The van der Waals surface area contributed by atoms with Gasteiger partial charge in [-0.15, -0.1) is 0 Å². The Balaban J connectivity index is 2.11. The Morgan fingerprint density at radius 2 is 2.00 bits per heavy atom. The van der Waals surface area contributed by atoms with E-state index in [9.17, 15) is 18.7 Å². The number of methoxy groups -OCH3 is 1. The number of benzene rings is 2. The zero-order valence-electron chi connectivity index (χ0n) is 16.4. The third-order valence-corrected chi connectivity index (χ3v) is 4.76. The van der Waals surface area contributed by atoms with Crippen molar-refractivity contribution in [3.8, 4) is 5.75 Å². The lowest BCUT2D eigenvalue weighted by Crippen LogP contribution is -2.30. The molecule has 10 heteroatoms. The van der Waals surface area contributed by atoms with Gasteiger partial charge < -0.3 is 30.9 Å². The molecule has 5 N–H and O–H groups in total. The number of anilines is 2. The first kappa shape index (κ1) is 24.3. The Kier molecular flexibility index (Phi) is 9.69. The van der Waals surface area contributed by atoms with Crippen molar-refractivity contribution in [1.82, 2.24) is 5.32 Å². The number of aliphatic hydroxyl groups is 1. The quantitative estimate of drug-likeness (QED) is 0.246. The average Bonchev–Trinajstić information content (AvgIpc) is 2.67. The molecule has 164 valence electrons. The SMILES string of the molecule is COCCNC[C@H](O)CCOc1cc(F)cc(Nc2ccc(I)cc2F)c1C(N)=O. The van der Waals surface area contributed by atoms with Crippen molar-refractivity contribution in [2.24, 2.45) is 5.73 Å². The summed E-state index contributed by atoms with van der Waals surface area (Å²) >= 11 is 1.96. The molecule has 0 spiro atoms. The molecular formula is C20H24F2IN3O4. The van der Waals surface area contributed by atoms with Gasteiger partial charge in [0.15, 0.2) is 0 Å². The van der Waals surface area contributed by atoms with Gasteiger partial charge in [0.05, 0.1) is 30.7 Å². The van der Waals surface area contributed by atoms with Crippen LogP contribution in [-0.4, -0.2) is 50.5 Å². The van der Waals surface area contributed by atoms with Gasteiger partial charge in [0, 0.05) is 36.3 Å². The lowest BCUT2D eigenvalue weighted by Gasteiger charge is -2.17. The fraction of sp³-hybridized carbons (Fsp3) is 0.350. The van der Waals surface area contributed by atoms with Crippen molar-refractivity contribution in [3.05, 3.63) is 51.1 Å². The molecule has 2 aromatic carbocycles. The highest BCUT2D eigenvalue weighted by Gasteiger charge is 2.19. The molecule has 30 heavy (non-hydrogen) atoms. The van der Waals surface area contributed by atoms with Gasteiger partial charge in [-0.05, 0) is 46.9 Å². The number of primary amides is 1. The maximum Gasteiger partial charge on any atom is 0.254 e. The Bertz CT molecular complexity index is 870. The highest BCUT2D eigenvalue weighted by atomic mass is 127. The van der Waals surface area contributed by atoms with Crippen molar-refractivity contribution >= 4 is 39.9 Å². The zero-order chi connectivity index (χ0) is 22.1. The lowest BCUT2D eigenvalue weighted by molar-refractivity contribution is 0.0995. The van der Waals surface area contributed by atoms with Crippen LogP contribution in [0.3, 0.4) is 0 Å². The molecule has 0 saturated heterocycles. The van der Waals surface area contributed by atoms with Crippen LogP contribution in [0, 0.1) is 15.2 Å². The first-order valence-electron chi connectivity index (χ1n) is 9.17. The number of aliphatic hydroxyl groups excluding tert-OH is 1. The first-order valence-corrected chi connectivity index (χ1v) is 10.3. The second-order valence-electron chi connectivity index (χ2n) is 6.43. The molecule has 2 aromatic rings. The molecule has 0 aromatic heterocycles. The van der Waals surface area contributed by atoms with Gasteiger partial charge in [-0.25, -0.2) is 8.78 Å². The van der Waals surface area contributed by atoms with E-state index in [1.54, 1.807) is 13.2 Å². The van der Waals surface area contributed by atoms with Gasteiger partial charge >= 0.3 is 0 Å². The molecular weight excluding hydrogens is 511 g/mol. The Labute approximate surface area is 187 Å². The number of nitrogens with one attached hydrogen (secondary N) is 2. The maximum absolute atomic E-state index is 14.2. The molecule has 0 aliphatic rings. The summed E-state index contributed by atoms with van der Waals surface area (Å²) in [6.07, 6.45) is -0.464. The van der Waals surface area contributed by atoms with E-state index in [0.29, 0.717) is 23.3 Å². The second-order valence-corrected chi connectivity index (χ2v) is 7.67. The van der Waals surface area contributed by atoms with E-state index < -0.39 is 23.6 Å². The number of halogens is 3. The number of amides is 1. The summed E-state index contributed by atoms with van der Waals surface area (Å²) in [6, 6.07) is 6.50. The van der Waals surface area contributed by atoms with E-state index in [4.69, 9.17) is 15.2 Å². The van der Waals surface area contributed by atoms with Crippen molar-refractivity contribution < 1.29 is 28.2 Å². The minimum Gasteiger partial charge on any atom is -0.492 e. The predicted octanol–water partition coefficient (Wildman–Crippen LogP) is 2.78. The average molecular weight is 535 g/mol. The van der Waals surface area contributed by atoms with Crippen LogP contribution in [0.4, 0.5) is 20.2 Å². The number of ether oxygens (including phenoxy) is 2. The van der Waals surface area contributed by atoms with Gasteiger partial charge in [0.2, 0.25) is 0 Å². The lowest BCUT2D eigenvalue weighted by atomic mass is 10.1. The summed E-state index contributed by atoms with van der Waals surface area (Å²) < 4.78 is 39.4. The van der Waals surface area contributed by atoms with E-state index >= 15 is 0 Å². The molecule has 0 heterocycles. The van der Waals surface area contributed by atoms with Crippen molar-refractivity contribution in [2.75, 3.05) is 38.7 Å². The first-order chi connectivity index (χ1) is 14.3. The van der Waals surface area contributed by atoms with Crippen LogP contribution in [0.25, 0.3) is 0 Å². The number of nitrogens with two attached hydrogens (primary N) is 1. The molecule has 0 aliphatic carbocycles. The Morgan fingerprint density at radius 3 is 2.67 bits per heavy atom. The molecule has 2 rings (SSSR count). The molecule has 1 amide bonds. The standard InChI is InChI=1S/C20H24F2IN3O4/c1-29-7-5-25-11-14(27)4-6-30-18-9-12(21)8-17(19(18)20(24)28)26-16-3-2-13(23)10-15(16)22/h2-3,8-10,14,25-27H,4-7,11H2,1H3,(H2,24,28)/t14-/m1/s1. The monoisotopic (exact) mass is 535 g/mol. The summed E-state index contributed by atoms with van der Waals surface area (Å²) in [6.45, 7) is 1.46. The summed E-state index contributed by atoms with van der Waals surface area (Å²) in [5.41, 5.74) is 5.40. The van der Waals surface area contributed by atoms with Gasteiger partial charge in [-0.1, -0.05) is 0 Å². The number of hydrogen-bond donors (Lipinski definition) is 4. The number of carbonyl (C=O) groups is 1. The van der Waals surface area contributed by atoms with Crippen LogP contribution in [0.15, 0.2) is 30.3 Å². The zero-order valence-corrected chi connectivity index (χ0v) is 18.5. The van der Waals surface area contributed by atoms with Crippen LogP contribution in [0.2, 0.25) is 0 Å². The minimum atomic E-state index is -0.861. The maximum atomic E-state index is 14.2. The second kappa shape index (κ2) is 12.0. The van der Waals surface area contributed by atoms with Crippen LogP contribution >= 0.6 is 22.6 Å². The van der Waals surface area contributed by atoms with Crippen LogP contribution in [0.5, 0.6) is 5.75 Å². The smallest absolute Gasteiger partial charge is 0.254 e. The highest BCUT2D eigenvalue weighted by Crippen LogP contribution is 2.31. The van der Waals surface area contributed by atoms with E-state index in [1.165, 1.54) is 12.1 Å². The number of rotatable bonds is 12. The molecule has 0 fully saturated rings. The van der Waals surface area contributed by atoms with Gasteiger partial charge in [-0.2, -0.15) is 0 Å². The largest absolute Gasteiger partial charge is 0.492 e. The summed E-state index contributed by atoms with van der Waals surface area (Å²) in [5, 5.41) is 15.7. The molecule has 7 nitrogen and oxygen atoms in total. The van der Waals surface area contributed by atoms with Crippen LogP contribution in [-0.2, 0) is 4.74 Å². The molecule has 0 aliphatic heterocycles. The fourth-order valence-corrected chi connectivity index (χ4v) is 3.09. The van der Waals surface area contributed by atoms with Crippen LogP contribution in [0.1, 0.15) is 16.8 Å². The number of hydrogen-bond acceptors (Lipinski definition) is 6. The third kappa shape index (κ3) is 7.35. The van der Waals surface area contributed by atoms with E-state index in [2.05, 4.69) is 10.6 Å². The summed E-state index contributed by atoms with van der Waals surface area (Å²) in [5.74, 6) is -2.20. The van der Waals surface area contributed by atoms with Gasteiger partial charge in [-0.3, -0.25) is 4.79 Å². The van der Waals surface area contributed by atoms with Gasteiger partial charge in [0.25, 0.3) is 5.91 Å². The summed E-state index contributed by atoms with van der Waals surface area (Å²) in [7, 11) is 1.58. The van der Waals surface area contributed by atoms with Gasteiger partial charge in [0.1, 0.15) is 22.9 Å². The minimum absolute atomic E-state index is 0.0145. The van der Waals surface area contributed by atoms with Crippen molar-refractivity contribution in [1.29, 1.82) is 0 Å². The fourth-order valence-electron chi connectivity index (χ4n) is 2.63. The molecule has 0 radical (unpaired) electrons. The topological polar surface area (TPSA) is 106 Å². The van der Waals surface area contributed by atoms with Crippen molar-refractivity contribution in [3.63, 3.8) is 0 Å². The summed E-state index contributed by atoms with van der Waals surface area (Å²) in [4.78, 5) is 12.0. The predicted molar refractivity (Wildman–Crippen MR) is 118 cm³/mol. The molecule has 1 atom stereocenters. The van der Waals surface area contributed by atoms with Crippen molar-refractivity contribution in [2.45, 2.75) is 12.5 Å². The third-order valence-electron chi connectivity index (χ3n) is 4.09. The van der Waals surface area contributed by atoms with Crippen LogP contribution < -0.4 is 21.1 Å².